The summed E-state index contributed by atoms with van der Waals surface area (Å²) in [4.78, 5) is 3.68. The Balaban J connectivity index is 0.00000341. The molecular weight excluding hydrogens is 460 g/mol. The molecule has 0 saturated heterocycles. The number of nitrogens with zero attached hydrogens (tertiary/aromatic N) is 2. The summed E-state index contributed by atoms with van der Waals surface area (Å²) in [5, 5.41) is 0. The number of halogens is 5. The largest absolute Gasteiger partial charge is 0.449 e. The minimum absolute atomic E-state index is 0. The van der Waals surface area contributed by atoms with Crippen LogP contribution in [0, 0.1) is 0 Å². The molecule has 3 N–H and O–H groups in total. The van der Waals surface area contributed by atoms with E-state index in [9.17, 15) is 26.0 Å². The van der Waals surface area contributed by atoms with Crippen molar-refractivity contribution in [2.45, 2.75) is 17.6 Å². The van der Waals surface area contributed by atoms with Gasteiger partial charge in [-0.15, -0.1) is 12.4 Å². The Hall–Kier alpha value is -2.47. The number of hydrogen-bond donors (Lipinski definition) is 2. The van der Waals surface area contributed by atoms with Crippen LogP contribution in [-0.4, -0.2) is 31.6 Å². The maximum absolute atomic E-state index is 14.0. The predicted molar refractivity (Wildman–Crippen MR) is 112 cm³/mol. The van der Waals surface area contributed by atoms with Gasteiger partial charge in [0, 0.05) is 12.1 Å². The van der Waals surface area contributed by atoms with E-state index in [1.54, 1.807) is 6.07 Å². The highest BCUT2D eigenvalue weighted by Crippen LogP contribution is 2.36. The summed E-state index contributed by atoms with van der Waals surface area (Å²) in [6, 6.07) is 10.2. The minimum atomic E-state index is -4.82. The van der Waals surface area contributed by atoms with E-state index in [1.807, 2.05) is 0 Å². The van der Waals surface area contributed by atoms with Gasteiger partial charge in [-0.3, -0.25) is 0 Å². The first-order valence-electron chi connectivity index (χ1n) is 8.73. The number of nitrogens with two attached hydrogens (primary N) is 1. The van der Waals surface area contributed by atoms with Crippen molar-refractivity contribution in [3.05, 3.63) is 60.2 Å². The molecule has 0 bridgehead atoms. The van der Waals surface area contributed by atoms with E-state index in [4.69, 9.17) is 5.73 Å². The van der Waals surface area contributed by atoms with E-state index in [-0.39, 0.29) is 40.4 Å². The summed E-state index contributed by atoms with van der Waals surface area (Å²) >= 11 is 0. The van der Waals surface area contributed by atoms with Crippen molar-refractivity contribution in [2.75, 3.05) is 13.6 Å². The second-order valence-corrected chi connectivity index (χ2v) is 8.20. The van der Waals surface area contributed by atoms with Crippen molar-refractivity contribution >= 4 is 33.5 Å². The lowest BCUT2D eigenvalue weighted by Gasteiger charge is -2.10. The number of sulfonamides is 1. The van der Waals surface area contributed by atoms with Gasteiger partial charge < -0.3 is 10.3 Å². The predicted octanol–water partition coefficient (Wildman–Crippen LogP) is 3.86. The van der Waals surface area contributed by atoms with Gasteiger partial charge in [0.25, 0.3) is 0 Å². The van der Waals surface area contributed by atoms with Gasteiger partial charge in [0.15, 0.2) is 0 Å². The van der Waals surface area contributed by atoms with Gasteiger partial charge in [0.2, 0.25) is 15.8 Å². The molecule has 1 heterocycles. The molecule has 0 radical (unpaired) electrons. The van der Waals surface area contributed by atoms with E-state index in [0.29, 0.717) is 5.56 Å². The third-order valence-electron chi connectivity index (χ3n) is 4.41. The van der Waals surface area contributed by atoms with Crippen LogP contribution in [-0.2, 0) is 22.7 Å². The molecule has 6 nitrogen and oxygen atoms in total. The average Bonchev–Trinajstić information content (AvgIpc) is 3.07. The number of allylic oxidation sites excluding steroid dienone is 1. The number of alkyl halides is 3. The quantitative estimate of drug-likeness (QED) is 0.526. The molecule has 0 aliphatic carbocycles. The fraction of sp³-hybridized carbons (Fsp3) is 0.211. The first kappa shape index (κ1) is 24.8. The molecule has 0 aliphatic heterocycles. The third-order valence-corrected chi connectivity index (χ3v) is 5.82. The van der Waals surface area contributed by atoms with Crippen molar-refractivity contribution in [1.29, 1.82) is 0 Å². The number of para-hydroxylation sites is 1. The molecule has 0 saturated carbocycles. The van der Waals surface area contributed by atoms with Gasteiger partial charge in [-0.05, 0) is 36.9 Å². The summed E-state index contributed by atoms with van der Waals surface area (Å²) in [7, 11) is -2.50. The fourth-order valence-corrected chi connectivity index (χ4v) is 3.82. The van der Waals surface area contributed by atoms with Crippen LogP contribution >= 0.6 is 12.4 Å². The second kappa shape index (κ2) is 9.35. The Morgan fingerprint density at radius 2 is 1.90 bits per heavy atom. The van der Waals surface area contributed by atoms with Gasteiger partial charge in [-0.1, -0.05) is 24.3 Å². The maximum Gasteiger partial charge on any atom is 0.449 e. The zero-order chi connectivity index (χ0) is 22.1. The standard InChI is InChI=1S/C19H18F4N4O2S.ClH/c1-25-30(28,29)14-5-2-4-12(10-14)15-6-3-7-16-17(15)26-18(19(21,22)23)27(16)11-13(20)8-9-24;/h2-8,10,25H,9,11,24H2,1H3;1H. The zero-order valence-electron chi connectivity index (χ0n) is 16.1. The van der Waals surface area contributed by atoms with Crippen LogP contribution in [0.15, 0.2) is 59.3 Å². The fourth-order valence-electron chi connectivity index (χ4n) is 3.05. The third kappa shape index (κ3) is 5.06. The van der Waals surface area contributed by atoms with Gasteiger partial charge in [-0.25, -0.2) is 22.5 Å². The molecule has 12 heteroatoms. The van der Waals surface area contributed by atoms with Crippen molar-refractivity contribution in [2.24, 2.45) is 5.73 Å². The van der Waals surface area contributed by atoms with Crippen molar-refractivity contribution in [3.63, 3.8) is 0 Å². The topological polar surface area (TPSA) is 90.0 Å². The van der Waals surface area contributed by atoms with Crippen LogP contribution < -0.4 is 10.5 Å². The molecule has 3 aromatic rings. The summed E-state index contributed by atoms with van der Waals surface area (Å²) in [6.45, 7) is -0.835. The number of imidazole rings is 1. The molecule has 1 aromatic heterocycles. The van der Waals surface area contributed by atoms with Crippen LogP contribution in [0.25, 0.3) is 22.2 Å². The first-order chi connectivity index (χ1) is 14.1. The maximum atomic E-state index is 14.0. The highest BCUT2D eigenvalue weighted by atomic mass is 35.5. The molecule has 168 valence electrons. The normalized spacial score (nSPS) is 12.8. The zero-order valence-corrected chi connectivity index (χ0v) is 17.8. The Labute approximate surface area is 182 Å². The van der Waals surface area contributed by atoms with Crippen LogP contribution in [0.4, 0.5) is 17.6 Å². The monoisotopic (exact) mass is 478 g/mol. The molecular formula is C19H19ClF4N4O2S. The molecule has 3 rings (SSSR count). The lowest BCUT2D eigenvalue weighted by atomic mass is 10.0. The molecule has 0 amide bonds. The van der Waals surface area contributed by atoms with Gasteiger partial charge in [0.1, 0.15) is 5.83 Å². The lowest BCUT2D eigenvalue weighted by molar-refractivity contribution is -0.146. The lowest BCUT2D eigenvalue weighted by Crippen LogP contribution is -2.18. The number of fused-ring (bicyclic) bond motifs is 1. The van der Waals surface area contributed by atoms with Crippen molar-refractivity contribution < 1.29 is 26.0 Å². The summed E-state index contributed by atoms with van der Waals surface area (Å²) in [5.41, 5.74) is 5.91. The van der Waals surface area contributed by atoms with E-state index in [1.165, 1.54) is 43.4 Å². The van der Waals surface area contributed by atoms with Crippen LogP contribution in [0.5, 0.6) is 0 Å². The Bertz CT molecular complexity index is 1220. The Morgan fingerprint density at radius 1 is 1.23 bits per heavy atom. The molecule has 0 unspecified atom stereocenters. The van der Waals surface area contributed by atoms with E-state index < -0.39 is 34.4 Å². The number of hydrogen-bond acceptors (Lipinski definition) is 4. The molecule has 0 atom stereocenters. The number of benzene rings is 2. The highest BCUT2D eigenvalue weighted by molar-refractivity contribution is 7.89. The SMILES string of the molecule is CNS(=O)(=O)c1cccc(-c2cccc3c2nc(C(F)(F)F)n3CC(F)=CCN)c1.Cl. The molecule has 0 aliphatic rings. The number of aromatic nitrogens is 2. The van der Waals surface area contributed by atoms with Crippen molar-refractivity contribution in [3.8, 4) is 11.1 Å². The van der Waals surface area contributed by atoms with Gasteiger partial charge in [0.05, 0.1) is 22.5 Å². The first-order valence-corrected chi connectivity index (χ1v) is 10.2. The second-order valence-electron chi connectivity index (χ2n) is 6.31. The summed E-state index contributed by atoms with van der Waals surface area (Å²) in [6.07, 6.45) is -3.83. The summed E-state index contributed by atoms with van der Waals surface area (Å²) < 4.78 is 81.8. The van der Waals surface area contributed by atoms with Crippen LogP contribution in [0.1, 0.15) is 5.82 Å². The highest BCUT2D eigenvalue weighted by Gasteiger charge is 2.38. The van der Waals surface area contributed by atoms with Crippen LogP contribution in [0.3, 0.4) is 0 Å². The Kier molecular flexibility index (Phi) is 7.48. The molecule has 31 heavy (non-hydrogen) atoms. The van der Waals surface area contributed by atoms with E-state index >= 15 is 0 Å². The molecule has 2 aromatic carbocycles. The van der Waals surface area contributed by atoms with Gasteiger partial charge in [-0.2, -0.15) is 13.2 Å². The number of nitrogens with one attached hydrogen (secondary N) is 1. The smallest absolute Gasteiger partial charge is 0.327 e. The summed E-state index contributed by atoms with van der Waals surface area (Å²) in [5.74, 6) is -2.08. The number of rotatable bonds is 6. The minimum Gasteiger partial charge on any atom is -0.327 e. The molecule has 0 spiro atoms. The van der Waals surface area contributed by atoms with E-state index in [2.05, 4.69) is 9.71 Å². The Morgan fingerprint density at radius 3 is 2.52 bits per heavy atom. The van der Waals surface area contributed by atoms with Crippen molar-refractivity contribution in [1.82, 2.24) is 14.3 Å². The van der Waals surface area contributed by atoms with Crippen LogP contribution in [0.2, 0.25) is 0 Å². The molecule has 0 fully saturated rings. The van der Waals surface area contributed by atoms with E-state index in [0.717, 1.165) is 10.6 Å². The average molecular weight is 479 g/mol. The van der Waals surface area contributed by atoms with Gasteiger partial charge >= 0.3 is 6.18 Å².